The van der Waals surface area contributed by atoms with Crippen LogP contribution in [0.4, 0.5) is 0 Å². The fraction of sp³-hybridized carbons (Fsp3) is 0.917. The Bertz CT molecular complexity index is 812. The summed E-state index contributed by atoms with van der Waals surface area (Å²) in [5.74, 6) is 5.83. The van der Waals surface area contributed by atoms with E-state index in [1.165, 1.54) is 70.6 Å². The molecule has 218 valence electrons. The van der Waals surface area contributed by atoms with Gasteiger partial charge in [0, 0.05) is 12.8 Å². The molecule has 0 spiro atoms. The summed E-state index contributed by atoms with van der Waals surface area (Å²) in [6.07, 6.45) is 22.6. The molecule has 4 rings (SSSR count). The number of carbonyl (C=O) groups excluding carboxylic acids is 1. The summed E-state index contributed by atoms with van der Waals surface area (Å²) < 4.78 is 6.13. The van der Waals surface area contributed by atoms with E-state index in [4.69, 9.17) is 4.74 Å². The summed E-state index contributed by atoms with van der Waals surface area (Å²) in [4.78, 5) is 12.8. The maximum absolute atomic E-state index is 12.8. The van der Waals surface area contributed by atoms with Gasteiger partial charge in [-0.25, -0.2) is 0 Å². The zero-order valence-corrected chi connectivity index (χ0v) is 26.3. The monoisotopic (exact) mass is 526 g/mol. The van der Waals surface area contributed by atoms with Crippen LogP contribution in [0.3, 0.4) is 0 Å². The molecule has 9 atom stereocenters. The van der Waals surface area contributed by atoms with Crippen molar-refractivity contribution in [3.63, 3.8) is 0 Å². The Morgan fingerprint density at radius 1 is 0.974 bits per heavy atom. The third-order valence-corrected chi connectivity index (χ3v) is 12.6. The Morgan fingerprint density at radius 3 is 2.47 bits per heavy atom. The first kappa shape index (κ1) is 30.2. The minimum absolute atomic E-state index is 0.0591. The summed E-state index contributed by atoms with van der Waals surface area (Å²) in [6.45, 7) is 17.1. The van der Waals surface area contributed by atoms with Gasteiger partial charge in [0.25, 0.3) is 0 Å². The van der Waals surface area contributed by atoms with Gasteiger partial charge in [-0.1, -0.05) is 98.6 Å². The van der Waals surface area contributed by atoms with Crippen LogP contribution in [0.25, 0.3) is 0 Å². The maximum Gasteiger partial charge on any atom is 0.306 e. The lowest BCUT2D eigenvalue weighted by molar-refractivity contribution is -0.152. The van der Waals surface area contributed by atoms with Crippen molar-refractivity contribution in [1.29, 1.82) is 0 Å². The van der Waals surface area contributed by atoms with E-state index in [1.807, 2.05) is 0 Å². The predicted octanol–water partition coefficient (Wildman–Crippen LogP) is 10.5. The number of esters is 1. The fourth-order valence-electron chi connectivity index (χ4n) is 10.2. The molecule has 38 heavy (non-hydrogen) atoms. The molecular weight excluding hydrogens is 464 g/mol. The van der Waals surface area contributed by atoms with E-state index in [2.05, 4.69) is 54.5 Å². The van der Waals surface area contributed by atoms with E-state index < -0.39 is 0 Å². The smallest absolute Gasteiger partial charge is 0.306 e. The molecule has 0 aromatic rings. The lowest BCUT2D eigenvalue weighted by Gasteiger charge is -2.58. The SMILES string of the molecule is CCCC[C@H](CC)CC(=O)O[C@H]1CC[C@@]2(C)C(=CC[C@H]3[C@@H]4CC[C@H]([C@H](C)CCCC(C)C)[C@@]4(C)CC[C@@H]32)C1. The molecule has 0 amide bonds. The number of hydrogen-bond acceptors (Lipinski definition) is 2. The van der Waals surface area contributed by atoms with Gasteiger partial charge in [0.1, 0.15) is 6.10 Å². The van der Waals surface area contributed by atoms with Gasteiger partial charge in [-0.3, -0.25) is 4.79 Å². The molecule has 0 bridgehead atoms. The van der Waals surface area contributed by atoms with Crippen LogP contribution in [0, 0.1) is 52.3 Å². The first-order chi connectivity index (χ1) is 18.1. The van der Waals surface area contributed by atoms with Crippen molar-refractivity contribution >= 4 is 5.97 Å². The molecule has 0 unspecified atom stereocenters. The number of allylic oxidation sites excluding steroid dienone is 1. The molecular formula is C36H62O2. The Morgan fingerprint density at radius 2 is 1.76 bits per heavy atom. The van der Waals surface area contributed by atoms with E-state index in [1.54, 1.807) is 5.57 Å². The number of hydrogen-bond donors (Lipinski definition) is 0. The number of fused-ring (bicyclic) bond motifs is 5. The summed E-state index contributed by atoms with van der Waals surface area (Å²) in [5.41, 5.74) is 2.53. The third kappa shape index (κ3) is 6.25. The van der Waals surface area contributed by atoms with Crippen molar-refractivity contribution in [3.8, 4) is 0 Å². The van der Waals surface area contributed by atoms with Crippen molar-refractivity contribution in [2.24, 2.45) is 52.3 Å². The molecule has 3 saturated carbocycles. The minimum Gasteiger partial charge on any atom is -0.462 e. The van der Waals surface area contributed by atoms with Gasteiger partial charge in [0.05, 0.1) is 0 Å². The molecule has 2 nitrogen and oxygen atoms in total. The van der Waals surface area contributed by atoms with Crippen LogP contribution in [0.1, 0.15) is 151 Å². The second-order valence-corrected chi connectivity index (χ2v) is 15.3. The number of ether oxygens (including phenoxy) is 1. The number of carbonyl (C=O) groups is 1. The summed E-state index contributed by atoms with van der Waals surface area (Å²) in [6, 6.07) is 0. The minimum atomic E-state index is 0.0591. The van der Waals surface area contributed by atoms with E-state index in [9.17, 15) is 4.79 Å². The Kier molecular flexibility index (Phi) is 10.2. The van der Waals surface area contributed by atoms with Crippen LogP contribution in [0.5, 0.6) is 0 Å². The van der Waals surface area contributed by atoms with Crippen molar-refractivity contribution in [3.05, 3.63) is 11.6 Å². The van der Waals surface area contributed by atoms with Crippen molar-refractivity contribution in [2.45, 2.75) is 157 Å². The highest BCUT2D eigenvalue weighted by molar-refractivity contribution is 5.70. The fourth-order valence-corrected chi connectivity index (χ4v) is 10.2. The van der Waals surface area contributed by atoms with Crippen LogP contribution >= 0.6 is 0 Å². The average molecular weight is 527 g/mol. The molecule has 0 aromatic carbocycles. The highest BCUT2D eigenvalue weighted by atomic mass is 16.5. The lowest BCUT2D eigenvalue weighted by atomic mass is 9.47. The zero-order chi connectivity index (χ0) is 27.5. The second-order valence-electron chi connectivity index (χ2n) is 15.3. The normalized spacial score (nSPS) is 38.1. The average Bonchev–Trinajstić information content (AvgIpc) is 3.23. The Hall–Kier alpha value is -0.790. The van der Waals surface area contributed by atoms with Crippen LogP contribution in [-0.4, -0.2) is 12.1 Å². The zero-order valence-electron chi connectivity index (χ0n) is 26.3. The maximum atomic E-state index is 12.8. The van der Waals surface area contributed by atoms with Gasteiger partial charge in [0.2, 0.25) is 0 Å². The van der Waals surface area contributed by atoms with E-state index in [0.717, 1.165) is 61.2 Å². The molecule has 0 saturated heterocycles. The van der Waals surface area contributed by atoms with E-state index >= 15 is 0 Å². The molecule has 3 fully saturated rings. The van der Waals surface area contributed by atoms with Crippen LogP contribution in [0.2, 0.25) is 0 Å². The third-order valence-electron chi connectivity index (χ3n) is 12.6. The quantitative estimate of drug-likeness (QED) is 0.187. The van der Waals surface area contributed by atoms with Crippen LogP contribution < -0.4 is 0 Å². The van der Waals surface area contributed by atoms with E-state index in [0.29, 0.717) is 23.2 Å². The van der Waals surface area contributed by atoms with Crippen molar-refractivity contribution in [2.75, 3.05) is 0 Å². The summed E-state index contributed by atoms with van der Waals surface area (Å²) in [5, 5.41) is 0. The number of unbranched alkanes of at least 4 members (excludes halogenated alkanes) is 1. The molecule has 0 aromatic heterocycles. The first-order valence-electron chi connectivity index (χ1n) is 17.0. The summed E-state index contributed by atoms with van der Waals surface area (Å²) in [7, 11) is 0. The van der Waals surface area contributed by atoms with Gasteiger partial charge in [-0.2, -0.15) is 0 Å². The topological polar surface area (TPSA) is 26.3 Å². The van der Waals surface area contributed by atoms with Gasteiger partial charge >= 0.3 is 5.97 Å². The number of rotatable bonds is 12. The highest BCUT2D eigenvalue weighted by Gasteiger charge is 2.59. The molecule has 0 N–H and O–H groups in total. The molecule has 0 radical (unpaired) electrons. The molecule has 4 aliphatic carbocycles. The van der Waals surface area contributed by atoms with Gasteiger partial charge in [-0.05, 0) is 104 Å². The summed E-state index contributed by atoms with van der Waals surface area (Å²) >= 11 is 0. The Labute approximate surface area is 236 Å². The second kappa shape index (κ2) is 12.8. The van der Waals surface area contributed by atoms with Crippen molar-refractivity contribution in [1.82, 2.24) is 0 Å². The van der Waals surface area contributed by atoms with Gasteiger partial charge < -0.3 is 4.74 Å². The van der Waals surface area contributed by atoms with Gasteiger partial charge in [-0.15, -0.1) is 0 Å². The molecule has 2 heteroatoms. The molecule has 4 aliphatic rings. The highest BCUT2D eigenvalue weighted by Crippen LogP contribution is 2.67. The molecule has 0 heterocycles. The largest absolute Gasteiger partial charge is 0.462 e. The predicted molar refractivity (Wildman–Crippen MR) is 161 cm³/mol. The van der Waals surface area contributed by atoms with Crippen LogP contribution in [0.15, 0.2) is 11.6 Å². The lowest BCUT2D eigenvalue weighted by Crippen LogP contribution is -2.51. The molecule has 0 aliphatic heterocycles. The Balaban J connectivity index is 1.37. The van der Waals surface area contributed by atoms with E-state index in [-0.39, 0.29) is 12.1 Å². The van der Waals surface area contributed by atoms with Crippen molar-refractivity contribution < 1.29 is 9.53 Å². The van der Waals surface area contributed by atoms with Crippen LogP contribution in [-0.2, 0) is 9.53 Å². The first-order valence-corrected chi connectivity index (χ1v) is 17.0. The van der Waals surface area contributed by atoms with Gasteiger partial charge in [0.15, 0.2) is 0 Å². The standard InChI is InChI=1S/C36H62O2/c1-8-10-14-27(9-2)23-34(37)38-29-19-21-35(6)28(24-29)15-16-30-32-18-17-31(26(5)13-11-12-25(3)4)36(32,7)22-20-33(30)35/h15,25-27,29-33H,8-14,16-24H2,1-7H3/t26-,27+,29+,30+,31-,32+,33+,35+,36-/m1/s1.